The number of nitrogens with one attached hydrogen (secondary N) is 1. The first-order valence-corrected chi connectivity index (χ1v) is 11.6. The van der Waals surface area contributed by atoms with Gasteiger partial charge in [-0.05, 0) is 41.8 Å². The minimum atomic E-state index is -0.847. The molecule has 3 aromatic rings. The highest BCUT2D eigenvalue weighted by Crippen LogP contribution is 2.24. The summed E-state index contributed by atoms with van der Waals surface area (Å²) in [5.74, 6) is -0.386. The van der Waals surface area contributed by atoms with Gasteiger partial charge in [0.25, 0.3) is 5.91 Å². The van der Waals surface area contributed by atoms with Crippen LogP contribution in [-0.2, 0) is 16.1 Å². The molecule has 0 fully saturated rings. The van der Waals surface area contributed by atoms with Crippen LogP contribution < -0.4 is 10.1 Å². The molecule has 0 bridgehead atoms. The van der Waals surface area contributed by atoms with Crippen molar-refractivity contribution in [3.63, 3.8) is 0 Å². The number of carbonyl (C=O) groups excluding carboxylic acids is 2. The van der Waals surface area contributed by atoms with Crippen molar-refractivity contribution in [2.24, 2.45) is 0 Å². The van der Waals surface area contributed by atoms with Crippen molar-refractivity contribution in [2.75, 3.05) is 13.2 Å². The van der Waals surface area contributed by atoms with E-state index in [0.29, 0.717) is 23.4 Å². The maximum absolute atomic E-state index is 13.5. The van der Waals surface area contributed by atoms with E-state index in [1.807, 2.05) is 48.5 Å². The van der Waals surface area contributed by atoms with Crippen LogP contribution in [0.2, 0.25) is 0 Å². The molecule has 3 aromatic carbocycles. The molecule has 0 aliphatic heterocycles. The van der Waals surface area contributed by atoms with Gasteiger partial charge in [-0.15, -0.1) is 0 Å². The number of unbranched alkanes of at least 4 members (excludes halogenated alkanes) is 2. The molecule has 0 unspecified atom stereocenters. The lowest BCUT2D eigenvalue weighted by Gasteiger charge is -2.31. The highest BCUT2D eigenvalue weighted by atomic mass is 19.1. The normalized spacial score (nSPS) is 11.5. The van der Waals surface area contributed by atoms with Gasteiger partial charge in [0.15, 0.2) is 6.61 Å². The lowest BCUT2D eigenvalue weighted by Crippen LogP contribution is -2.45. The van der Waals surface area contributed by atoms with Gasteiger partial charge in [0.1, 0.15) is 17.6 Å². The second-order valence-corrected chi connectivity index (χ2v) is 8.06. The van der Waals surface area contributed by atoms with Crippen LogP contribution in [0, 0.1) is 5.82 Å². The van der Waals surface area contributed by atoms with Crippen LogP contribution in [0.1, 0.15) is 43.4 Å². The molecule has 0 saturated heterocycles. The predicted molar refractivity (Wildman–Crippen MR) is 131 cm³/mol. The first kappa shape index (κ1) is 25.0. The highest BCUT2D eigenvalue weighted by molar-refractivity contribution is 5.89. The van der Waals surface area contributed by atoms with E-state index in [1.54, 1.807) is 24.3 Å². The van der Waals surface area contributed by atoms with Crippen molar-refractivity contribution in [3.8, 4) is 5.75 Å². The van der Waals surface area contributed by atoms with Gasteiger partial charge in [-0.3, -0.25) is 9.59 Å². The van der Waals surface area contributed by atoms with E-state index in [4.69, 9.17) is 4.74 Å². The second kappa shape index (κ2) is 13.1. The molecule has 178 valence electrons. The number of para-hydroxylation sites is 1. The number of amides is 2. The van der Waals surface area contributed by atoms with Gasteiger partial charge in [0.2, 0.25) is 5.91 Å². The largest absolute Gasteiger partial charge is 0.484 e. The molecule has 3 rings (SSSR count). The zero-order chi connectivity index (χ0) is 24.2. The minimum Gasteiger partial charge on any atom is -0.484 e. The topological polar surface area (TPSA) is 58.6 Å². The van der Waals surface area contributed by atoms with Gasteiger partial charge in [0.05, 0.1) is 0 Å². The van der Waals surface area contributed by atoms with Crippen LogP contribution in [0.5, 0.6) is 5.75 Å². The summed E-state index contributed by atoms with van der Waals surface area (Å²) in [5, 5.41) is 2.99. The smallest absolute Gasteiger partial charge is 0.261 e. The number of rotatable bonds is 12. The van der Waals surface area contributed by atoms with Gasteiger partial charge in [-0.25, -0.2) is 4.39 Å². The molecular formula is C28H31FN2O3. The van der Waals surface area contributed by atoms with E-state index in [0.717, 1.165) is 19.3 Å². The van der Waals surface area contributed by atoms with Gasteiger partial charge < -0.3 is 15.0 Å². The number of nitrogens with zero attached hydrogens (tertiary/aromatic N) is 1. The Bertz CT molecular complexity index is 1030. The average Bonchev–Trinajstić information content (AvgIpc) is 2.87. The molecule has 34 heavy (non-hydrogen) atoms. The Hall–Kier alpha value is -3.67. The minimum absolute atomic E-state index is 0.138. The van der Waals surface area contributed by atoms with E-state index in [2.05, 4.69) is 12.2 Å². The predicted octanol–water partition coefficient (Wildman–Crippen LogP) is 5.28. The van der Waals surface area contributed by atoms with Crippen LogP contribution in [0.25, 0.3) is 0 Å². The molecular weight excluding hydrogens is 431 g/mol. The standard InChI is InChI=1S/C28H31FN2O3/c1-2-3-10-19-30-28(33)27(23-11-6-4-7-12-23)31(20-22-15-17-24(29)18-16-22)26(32)21-34-25-13-8-5-9-14-25/h4-9,11-18,27H,2-3,10,19-21H2,1H3,(H,30,33)/t27-/m1/s1. The SMILES string of the molecule is CCCCCNC(=O)[C@@H](c1ccccc1)N(Cc1ccc(F)cc1)C(=O)COc1ccccc1. The summed E-state index contributed by atoms with van der Waals surface area (Å²) in [7, 11) is 0. The van der Waals surface area contributed by atoms with Crippen molar-refractivity contribution < 1.29 is 18.7 Å². The number of ether oxygens (including phenoxy) is 1. The summed E-state index contributed by atoms with van der Waals surface area (Å²) >= 11 is 0. The number of carbonyl (C=O) groups is 2. The van der Waals surface area contributed by atoms with Crippen molar-refractivity contribution in [1.82, 2.24) is 10.2 Å². The van der Waals surface area contributed by atoms with E-state index in [1.165, 1.54) is 17.0 Å². The van der Waals surface area contributed by atoms with Crippen LogP contribution >= 0.6 is 0 Å². The van der Waals surface area contributed by atoms with Crippen LogP contribution in [-0.4, -0.2) is 29.9 Å². The molecule has 1 atom stereocenters. The van der Waals surface area contributed by atoms with Crippen molar-refractivity contribution in [1.29, 1.82) is 0 Å². The van der Waals surface area contributed by atoms with Crippen LogP contribution in [0.4, 0.5) is 4.39 Å². The Morgan fingerprint density at radius 2 is 1.56 bits per heavy atom. The quantitative estimate of drug-likeness (QED) is 0.373. The molecule has 0 saturated carbocycles. The maximum Gasteiger partial charge on any atom is 0.261 e. The number of benzene rings is 3. The Balaban J connectivity index is 1.88. The third-order valence-electron chi connectivity index (χ3n) is 5.45. The van der Waals surface area contributed by atoms with Crippen LogP contribution in [0.3, 0.4) is 0 Å². The van der Waals surface area contributed by atoms with E-state index in [9.17, 15) is 14.0 Å². The van der Waals surface area contributed by atoms with E-state index in [-0.39, 0.29) is 30.8 Å². The fourth-order valence-electron chi connectivity index (χ4n) is 3.65. The second-order valence-electron chi connectivity index (χ2n) is 8.06. The molecule has 0 aliphatic rings. The van der Waals surface area contributed by atoms with Crippen LogP contribution in [0.15, 0.2) is 84.9 Å². The Kier molecular flexibility index (Phi) is 9.65. The van der Waals surface area contributed by atoms with Gasteiger partial charge in [-0.2, -0.15) is 0 Å². The third-order valence-corrected chi connectivity index (χ3v) is 5.45. The lowest BCUT2D eigenvalue weighted by molar-refractivity contribution is -0.143. The summed E-state index contributed by atoms with van der Waals surface area (Å²) in [5.41, 5.74) is 1.42. The lowest BCUT2D eigenvalue weighted by atomic mass is 10.0. The molecule has 0 heterocycles. The van der Waals surface area contributed by atoms with E-state index < -0.39 is 6.04 Å². The third kappa shape index (κ3) is 7.44. The summed E-state index contributed by atoms with van der Waals surface area (Å²) in [6.45, 7) is 2.55. The molecule has 2 amide bonds. The molecule has 0 spiro atoms. The number of halogens is 1. The molecule has 6 heteroatoms. The first-order valence-electron chi connectivity index (χ1n) is 11.6. The zero-order valence-corrected chi connectivity index (χ0v) is 19.5. The van der Waals surface area contributed by atoms with Gasteiger partial charge in [0, 0.05) is 13.1 Å². The number of hydrogen-bond acceptors (Lipinski definition) is 3. The van der Waals surface area contributed by atoms with Gasteiger partial charge >= 0.3 is 0 Å². The van der Waals surface area contributed by atoms with E-state index >= 15 is 0 Å². The zero-order valence-electron chi connectivity index (χ0n) is 19.5. The molecule has 0 aliphatic carbocycles. The molecule has 0 aromatic heterocycles. The highest BCUT2D eigenvalue weighted by Gasteiger charge is 2.31. The summed E-state index contributed by atoms with van der Waals surface area (Å²) in [4.78, 5) is 28.3. The maximum atomic E-state index is 13.5. The summed E-state index contributed by atoms with van der Waals surface area (Å²) in [6.07, 6.45) is 2.93. The Morgan fingerprint density at radius 3 is 2.21 bits per heavy atom. The fraction of sp³-hybridized carbons (Fsp3) is 0.286. The Labute approximate surface area is 200 Å². The summed E-state index contributed by atoms with van der Waals surface area (Å²) in [6, 6.07) is 23.4. The summed E-state index contributed by atoms with van der Waals surface area (Å²) < 4.78 is 19.2. The number of hydrogen-bond donors (Lipinski definition) is 1. The molecule has 0 radical (unpaired) electrons. The average molecular weight is 463 g/mol. The fourth-order valence-corrected chi connectivity index (χ4v) is 3.65. The van der Waals surface area contributed by atoms with Crippen molar-refractivity contribution in [2.45, 2.75) is 38.8 Å². The van der Waals surface area contributed by atoms with Gasteiger partial charge in [-0.1, -0.05) is 80.4 Å². The molecule has 5 nitrogen and oxygen atoms in total. The Morgan fingerprint density at radius 1 is 0.912 bits per heavy atom. The first-order chi connectivity index (χ1) is 16.6. The van der Waals surface area contributed by atoms with Crippen molar-refractivity contribution >= 4 is 11.8 Å². The molecule has 1 N–H and O–H groups in total. The monoisotopic (exact) mass is 462 g/mol. The van der Waals surface area contributed by atoms with Crippen molar-refractivity contribution in [3.05, 3.63) is 102 Å².